The van der Waals surface area contributed by atoms with E-state index >= 15 is 0 Å². The minimum Gasteiger partial charge on any atom is -0.351 e. The van der Waals surface area contributed by atoms with Crippen LogP contribution in [0.3, 0.4) is 0 Å². The van der Waals surface area contributed by atoms with Gasteiger partial charge in [0.25, 0.3) is 11.6 Å². The first-order valence-electron chi connectivity index (χ1n) is 15.5. The van der Waals surface area contributed by atoms with Crippen LogP contribution < -0.4 is 15.5 Å². The number of nitro benzene ring substituents is 1. The zero-order valence-electron chi connectivity index (χ0n) is 26.4. The number of benzene rings is 2. The van der Waals surface area contributed by atoms with Gasteiger partial charge >= 0.3 is 0 Å². The van der Waals surface area contributed by atoms with Crippen LogP contribution in [0.15, 0.2) is 47.4 Å². The SMILES string of the molecule is Cc1cccc(S(=O)(=O)N[C@H](Cc2ccc(Cl)cc2)C(=O)NN2CCC(C(=O)NC(C)(C)C)(C3CCCCC3)CC2)c1[N+](=O)[O-]. The summed E-state index contributed by atoms with van der Waals surface area (Å²) in [6, 6.07) is 9.42. The number of halogens is 1. The van der Waals surface area contributed by atoms with Gasteiger partial charge in [-0.05, 0) is 89.5 Å². The van der Waals surface area contributed by atoms with E-state index in [1.807, 2.05) is 20.8 Å². The number of hydrazine groups is 1. The molecule has 0 spiro atoms. The van der Waals surface area contributed by atoms with Crippen molar-refractivity contribution in [2.75, 3.05) is 13.1 Å². The van der Waals surface area contributed by atoms with Gasteiger partial charge in [-0.2, -0.15) is 4.72 Å². The Labute approximate surface area is 270 Å². The number of nitrogens with one attached hydrogen (secondary N) is 3. The molecule has 1 heterocycles. The smallest absolute Gasteiger partial charge is 0.292 e. The molecule has 0 radical (unpaired) electrons. The molecule has 13 heteroatoms. The number of rotatable bonds is 10. The van der Waals surface area contributed by atoms with Gasteiger partial charge < -0.3 is 5.32 Å². The van der Waals surface area contributed by atoms with Crippen LogP contribution >= 0.6 is 11.6 Å². The topological polar surface area (TPSA) is 151 Å². The maximum Gasteiger partial charge on any atom is 0.292 e. The number of aryl methyl sites for hydroxylation is 1. The highest BCUT2D eigenvalue weighted by atomic mass is 35.5. The third-order valence-electron chi connectivity index (χ3n) is 8.89. The molecule has 0 aromatic heterocycles. The third kappa shape index (κ3) is 8.60. The Balaban J connectivity index is 1.55. The van der Waals surface area contributed by atoms with Crippen LogP contribution in [-0.2, 0) is 26.0 Å². The summed E-state index contributed by atoms with van der Waals surface area (Å²) in [6.07, 6.45) is 6.47. The van der Waals surface area contributed by atoms with Crippen molar-refractivity contribution in [2.45, 2.75) is 95.5 Å². The van der Waals surface area contributed by atoms with Gasteiger partial charge in [0.05, 0.1) is 10.3 Å². The summed E-state index contributed by atoms with van der Waals surface area (Å²) in [5.41, 5.74) is 2.26. The van der Waals surface area contributed by atoms with Crippen molar-refractivity contribution in [1.82, 2.24) is 20.5 Å². The lowest BCUT2D eigenvalue weighted by Crippen LogP contribution is -2.60. The molecule has 1 saturated carbocycles. The quantitative estimate of drug-likeness (QED) is 0.238. The van der Waals surface area contributed by atoms with Gasteiger partial charge in [-0.25, -0.2) is 13.4 Å². The molecule has 2 fully saturated rings. The van der Waals surface area contributed by atoms with Gasteiger partial charge in [0.1, 0.15) is 6.04 Å². The summed E-state index contributed by atoms with van der Waals surface area (Å²) in [4.78, 5) is 38.0. The summed E-state index contributed by atoms with van der Waals surface area (Å²) >= 11 is 6.03. The zero-order chi connectivity index (χ0) is 33.0. The summed E-state index contributed by atoms with van der Waals surface area (Å²) < 4.78 is 29.5. The van der Waals surface area contributed by atoms with Crippen LogP contribution in [0.5, 0.6) is 0 Å². The number of nitro groups is 1. The number of hydrogen-bond acceptors (Lipinski definition) is 7. The lowest BCUT2D eigenvalue weighted by atomic mass is 9.63. The number of para-hydroxylation sites is 1. The maximum absolute atomic E-state index is 13.7. The predicted molar refractivity (Wildman–Crippen MR) is 173 cm³/mol. The molecular weight excluding hydrogens is 618 g/mol. The monoisotopic (exact) mass is 661 g/mol. The van der Waals surface area contributed by atoms with E-state index in [1.54, 1.807) is 29.3 Å². The highest BCUT2D eigenvalue weighted by Gasteiger charge is 2.48. The van der Waals surface area contributed by atoms with Crippen LogP contribution in [0.2, 0.25) is 5.02 Å². The molecule has 2 aromatic rings. The first kappa shape index (κ1) is 34.8. The Bertz CT molecular complexity index is 1490. The Morgan fingerprint density at radius 3 is 2.27 bits per heavy atom. The first-order chi connectivity index (χ1) is 21.1. The molecule has 2 aliphatic rings. The van der Waals surface area contributed by atoms with Crippen LogP contribution in [0.25, 0.3) is 0 Å². The molecule has 0 unspecified atom stereocenters. The normalized spacial score (nSPS) is 18.6. The second-order valence-corrected chi connectivity index (χ2v) is 15.5. The highest BCUT2D eigenvalue weighted by molar-refractivity contribution is 7.89. The fourth-order valence-electron chi connectivity index (χ4n) is 6.57. The number of carbonyl (C=O) groups is 2. The first-order valence-corrected chi connectivity index (χ1v) is 17.4. The van der Waals surface area contributed by atoms with E-state index < -0.39 is 42.9 Å². The second-order valence-electron chi connectivity index (χ2n) is 13.3. The van der Waals surface area contributed by atoms with Crippen molar-refractivity contribution in [2.24, 2.45) is 11.3 Å². The van der Waals surface area contributed by atoms with E-state index in [0.717, 1.165) is 31.7 Å². The Morgan fingerprint density at radius 1 is 1.07 bits per heavy atom. The van der Waals surface area contributed by atoms with Crippen molar-refractivity contribution >= 4 is 39.1 Å². The molecule has 4 rings (SSSR count). The Morgan fingerprint density at radius 2 is 1.69 bits per heavy atom. The van der Waals surface area contributed by atoms with Gasteiger partial charge in [-0.1, -0.05) is 55.1 Å². The number of piperidine rings is 1. The van der Waals surface area contributed by atoms with Gasteiger partial charge in [-0.15, -0.1) is 0 Å². The molecule has 3 N–H and O–H groups in total. The van der Waals surface area contributed by atoms with E-state index in [4.69, 9.17) is 11.6 Å². The molecule has 2 aromatic carbocycles. The molecule has 1 atom stereocenters. The maximum atomic E-state index is 13.7. The van der Waals surface area contributed by atoms with E-state index in [9.17, 15) is 28.1 Å². The largest absolute Gasteiger partial charge is 0.351 e. The van der Waals surface area contributed by atoms with Gasteiger partial charge in [-0.3, -0.25) is 25.1 Å². The van der Waals surface area contributed by atoms with Gasteiger partial charge in [0, 0.05) is 29.2 Å². The van der Waals surface area contributed by atoms with E-state index in [1.165, 1.54) is 25.5 Å². The molecule has 45 heavy (non-hydrogen) atoms. The molecule has 0 bridgehead atoms. The zero-order valence-corrected chi connectivity index (χ0v) is 28.0. The van der Waals surface area contributed by atoms with Crippen LogP contribution in [-0.4, -0.2) is 54.8 Å². The number of carbonyl (C=O) groups excluding carboxylic acids is 2. The summed E-state index contributed by atoms with van der Waals surface area (Å²) in [6.45, 7) is 8.22. The molecular formula is C32H44ClN5O6S. The predicted octanol–water partition coefficient (Wildman–Crippen LogP) is 5.05. The molecule has 2 amide bonds. The van der Waals surface area contributed by atoms with E-state index in [0.29, 0.717) is 36.5 Å². The second kappa shape index (κ2) is 14.1. The van der Waals surface area contributed by atoms with Crippen molar-refractivity contribution in [3.8, 4) is 0 Å². The van der Waals surface area contributed by atoms with Crippen molar-refractivity contribution in [3.63, 3.8) is 0 Å². The van der Waals surface area contributed by atoms with Crippen LogP contribution in [0.1, 0.15) is 76.8 Å². The fourth-order valence-corrected chi connectivity index (χ4v) is 8.14. The standard InChI is InChI=1S/C32H44ClN5O6S/c1-22-9-8-12-27(28(22)38(41)42)45(43,44)36-26(21-23-13-15-25(33)16-14-23)29(39)35-37-19-17-32(18-20-37,24-10-6-5-7-11-24)30(40)34-31(2,3)4/h8-9,12-16,24,26,36H,5-7,10-11,17-21H2,1-4H3,(H,34,40)(H,35,39)/t26-/m1/s1. The number of hydrogen-bond donors (Lipinski definition) is 3. The highest BCUT2D eigenvalue weighted by Crippen LogP contribution is 2.46. The third-order valence-corrected chi connectivity index (χ3v) is 10.6. The molecule has 1 aliphatic carbocycles. The number of sulfonamides is 1. The minimum atomic E-state index is -4.48. The van der Waals surface area contributed by atoms with Crippen molar-refractivity contribution in [3.05, 3.63) is 68.7 Å². The lowest BCUT2D eigenvalue weighted by molar-refractivity contribution is -0.388. The average molecular weight is 662 g/mol. The number of nitrogens with zero attached hydrogens (tertiary/aromatic N) is 2. The molecule has 246 valence electrons. The van der Waals surface area contributed by atoms with Gasteiger partial charge in [0.15, 0.2) is 4.90 Å². The summed E-state index contributed by atoms with van der Waals surface area (Å²) in [5.74, 6) is -0.282. The van der Waals surface area contributed by atoms with Crippen LogP contribution in [0.4, 0.5) is 5.69 Å². The average Bonchev–Trinajstić information content (AvgIpc) is 2.97. The summed E-state index contributed by atoms with van der Waals surface area (Å²) in [7, 11) is -4.48. The number of amides is 2. The minimum absolute atomic E-state index is 0.0182. The van der Waals surface area contributed by atoms with E-state index in [-0.39, 0.29) is 29.3 Å². The molecule has 11 nitrogen and oxygen atoms in total. The van der Waals surface area contributed by atoms with E-state index in [2.05, 4.69) is 15.5 Å². The lowest BCUT2D eigenvalue weighted by Gasteiger charge is -2.47. The van der Waals surface area contributed by atoms with Gasteiger partial charge in [0.2, 0.25) is 15.9 Å². The Kier molecular flexibility index (Phi) is 10.9. The molecule has 1 aliphatic heterocycles. The van der Waals surface area contributed by atoms with Crippen molar-refractivity contribution in [1.29, 1.82) is 0 Å². The van der Waals surface area contributed by atoms with Crippen molar-refractivity contribution < 1.29 is 22.9 Å². The fraction of sp³-hybridized carbons (Fsp3) is 0.562. The Hall–Kier alpha value is -3.06. The summed E-state index contributed by atoms with van der Waals surface area (Å²) in [5, 5.41) is 17.2. The molecule has 1 saturated heterocycles. The van der Waals surface area contributed by atoms with Crippen LogP contribution in [0, 0.1) is 28.4 Å².